The number of isocyanates is 1. The summed E-state index contributed by atoms with van der Waals surface area (Å²) in [5, 5.41) is 0. The Morgan fingerprint density at radius 2 is 1.92 bits per heavy atom. The van der Waals surface area contributed by atoms with Gasteiger partial charge in [0.25, 0.3) is 0 Å². The monoisotopic (exact) mass is 175 g/mol. The van der Waals surface area contributed by atoms with E-state index in [-0.39, 0.29) is 5.41 Å². The molecule has 0 amide bonds. The highest BCUT2D eigenvalue weighted by Gasteiger charge is 2.19. The highest BCUT2D eigenvalue weighted by Crippen LogP contribution is 2.22. The first kappa shape index (κ1) is 9.69. The van der Waals surface area contributed by atoms with Crippen molar-refractivity contribution in [2.75, 3.05) is 6.54 Å². The standard InChI is InChI=1S/C11H13NO/c1-11(2,8-12-9-13)10-6-4-3-5-7-10/h3-7H,8H2,1-2H3. The number of aliphatic imine (C=N–C) groups is 1. The molecule has 0 fully saturated rings. The molecule has 1 rings (SSSR count). The number of carbonyl (C=O) groups excluding carboxylic acids is 1. The molecular weight excluding hydrogens is 162 g/mol. The zero-order valence-electron chi connectivity index (χ0n) is 7.95. The topological polar surface area (TPSA) is 29.4 Å². The van der Waals surface area contributed by atoms with Gasteiger partial charge in [-0.15, -0.1) is 0 Å². The number of rotatable bonds is 3. The highest BCUT2D eigenvalue weighted by molar-refractivity contribution is 5.34. The van der Waals surface area contributed by atoms with E-state index < -0.39 is 0 Å². The zero-order valence-corrected chi connectivity index (χ0v) is 7.95. The molecule has 0 radical (unpaired) electrons. The van der Waals surface area contributed by atoms with Gasteiger partial charge in [-0.05, 0) is 5.56 Å². The van der Waals surface area contributed by atoms with Crippen molar-refractivity contribution in [2.45, 2.75) is 19.3 Å². The molecule has 1 aromatic rings. The summed E-state index contributed by atoms with van der Waals surface area (Å²) in [4.78, 5) is 13.6. The van der Waals surface area contributed by atoms with Crippen molar-refractivity contribution in [3.63, 3.8) is 0 Å². The van der Waals surface area contributed by atoms with Crippen molar-refractivity contribution in [3.05, 3.63) is 35.9 Å². The molecule has 0 spiro atoms. The van der Waals surface area contributed by atoms with Crippen LogP contribution in [0.25, 0.3) is 0 Å². The van der Waals surface area contributed by atoms with E-state index in [0.717, 1.165) is 0 Å². The fraction of sp³-hybridized carbons (Fsp3) is 0.364. The van der Waals surface area contributed by atoms with Crippen LogP contribution in [0.15, 0.2) is 35.3 Å². The van der Waals surface area contributed by atoms with Gasteiger partial charge in [0.15, 0.2) is 0 Å². The van der Waals surface area contributed by atoms with Gasteiger partial charge in [-0.2, -0.15) is 0 Å². The van der Waals surface area contributed by atoms with E-state index in [9.17, 15) is 4.79 Å². The van der Waals surface area contributed by atoms with Crippen molar-refractivity contribution in [2.24, 2.45) is 4.99 Å². The quantitative estimate of drug-likeness (QED) is 0.512. The average molecular weight is 175 g/mol. The SMILES string of the molecule is CC(C)(CN=C=O)c1ccccc1. The maximum atomic E-state index is 9.99. The lowest BCUT2D eigenvalue weighted by atomic mass is 9.85. The molecule has 0 saturated heterocycles. The highest BCUT2D eigenvalue weighted by atomic mass is 16.1. The molecule has 0 heterocycles. The summed E-state index contributed by atoms with van der Waals surface area (Å²) in [6.07, 6.45) is 1.57. The normalized spacial score (nSPS) is 10.6. The van der Waals surface area contributed by atoms with Crippen LogP contribution in [0.5, 0.6) is 0 Å². The maximum absolute atomic E-state index is 9.99. The molecule has 0 atom stereocenters. The molecule has 0 aliphatic heterocycles. The predicted octanol–water partition coefficient (Wildman–Crippen LogP) is 2.30. The minimum Gasteiger partial charge on any atom is -0.211 e. The third-order valence-corrected chi connectivity index (χ3v) is 2.09. The van der Waals surface area contributed by atoms with Crippen LogP contribution in [-0.2, 0) is 10.2 Å². The third kappa shape index (κ3) is 2.53. The number of nitrogens with zero attached hydrogens (tertiary/aromatic N) is 1. The van der Waals surface area contributed by atoms with Crippen LogP contribution in [0.4, 0.5) is 0 Å². The molecule has 2 nitrogen and oxygen atoms in total. The lowest BCUT2D eigenvalue weighted by molar-refractivity contribution is 0.526. The summed E-state index contributed by atoms with van der Waals surface area (Å²) < 4.78 is 0. The van der Waals surface area contributed by atoms with Gasteiger partial charge >= 0.3 is 0 Å². The van der Waals surface area contributed by atoms with Crippen LogP contribution in [0.1, 0.15) is 19.4 Å². The molecule has 0 aliphatic rings. The van der Waals surface area contributed by atoms with E-state index in [1.54, 1.807) is 6.08 Å². The van der Waals surface area contributed by atoms with Crippen molar-refractivity contribution in [1.29, 1.82) is 0 Å². The molecule has 1 aromatic carbocycles. The lowest BCUT2D eigenvalue weighted by Gasteiger charge is -2.21. The van der Waals surface area contributed by atoms with Gasteiger partial charge in [-0.3, -0.25) is 0 Å². The van der Waals surface area contributed by atoms with Crippen molar-refractivity contribution < 1.29 is 4.79 Å². The molecule has 0 N–H and O–H groups in total. The van der Waals surface area contributed by atoms with Crippen LogP contribution in [0.2, 0.25) is 0 Å². The second-order valence-electron chi connectivity index (χ2n) is 3.66. The van der Waals surface area contributed by atoms with Gasteiger partial charge in [-0.25, -0.2) is 9.79 Å². The van der Waals surface area contributed by atoms with Crippen LogP contribution in [0.3, 0.4) is 0 Å². The molecule has 2 heteroatoms. The van der Waals surface area contributed by atoms with Crippen LogP contribution < -0.4 is 0 Å². The summed E-state index contributed by atoms with van der Waals surface area (Å²) in [7, 11) is 0. The Kier molecular flexibility index (Phi) is 2.99. The predicted molar refractivity (Wildman–Crippen MR) is 52.5 cm³/mol. The fourth-order valence-corrected chi connectivity index (χ4v) is 1.21. The van der Waals surface area contributed by atoms with E-state index in [0.29, 0.717) is 6.54 Å². The molecule has 0 aliphatic carbocycles. The minimum absolute atomic E-state index is 0.0847. The minimum atomic E-state index is -0.0847. The van der Waals surface area contributed by atoms with E-state index in [2.05, 4.69) is 18.8 Å². The second-order valence-corrected chi connectivity index (χ2v) is 3.66. The van der Waals surface area contributed by atoms with E-state index in [1.807, 2.05) is 30.3 Å². The van der Waals surface area contributed by atoms with Crippen molar-refractivity contribution in [1.82, 2.24) is 0 Å². The number of benzene rings is 1. The Morgan fingerprint density at radius 3 is 2.46 bits per heavy atom. The zero-order chi connectivity index (χ0) is 9.73. The molecule has 0 saturated carbocycles. The first-order valence-electron chi connectivity index (χ1n) is 4.26. The molecule has 68 valence electrons. The van der Waals surface area contributed by atoms with Gasteiger partial charge < -0.3 is 0 Å². The first-order valence-corrected chi connectivity index (χ1v) is 4.26. The molecular formula is C11H13NO. The molecule has 13 heavy (non-hydrogen) atoms. The summed E-state index contributed by atoms with van der Waals surface area (Å²) >= 11 is 0. The third-order valence-electron chi connectivity index (χ3n) is 2.09. The lowest BCUT2D eigenvalue weighted by Crippen LogP contribution is -2.20. The largest absolute Gasteiger partial charge is 0.234 e. The molecule has 0 bridgehead atoms. The van der Waals surface area contributed by atoms with Gasteiger partial charge in [0, 0.05) is 5.41 Å². The smallest absolute Gasteiger partial charge is 0.211 e. The number of hydrogen-bond acceptors (Lipinski definition) is 2. The van der Waals surface area contributed by atoms with Crippen molar-refractivity contribution in [3.8, 4) is 0 Å². The van der Waals surface area contributed by atoms with Gasteiger partial charge in [0.1, 0.15) is 0 Å². The van der Waals surface area contributed by atoms with Gasteiger partial charge in [0.05, 0.1) is 6.54 Å². The van der Waals surface area contributed by atoms with Gasteiger partial charge in [-0.1, -0.05) is 44.2 Å². The van der Waals surface area contributed by atoms with Crippen LogP contribution in [0, 0.1) is 0 Å². The van der Waals surface area contributed by atoms with E-state index in [1.165, 1.54) is 5.56 Å². The molecule has 0 aromatic heterocycles. The Balaban J connectivity index is 2.87. The first-order chi connectivity index (χ1) is 6.17. The summed E-state index contributed by atoms with van der Waals surface area (Å²) in [6.45, 7) is 4.60. The summed E-state index contributed by atoms with van der Waals surface area (Å²) in [6, 6.07) is 10.0. The average Bonchev–Trinajstić information content (AvgIpc) is 2.16. The molecule has 0 unspecified atom stereocenters. The van der Waals surface area contributed by atoms with Crippen molar-refractivity contribution >= 4 is 6.08 Å². The summed E-state index contributed by atoms with van der Waals surface area (Å²) in [5.74, 6) is 0. The van der Waals surface area contributed by atoms with Gasteiger partial charge in [0.2, 0.25) is 6.08 Å². The van der Waals surface area contributed by atoms with Crippen LogP contribution >= 0.6 is 0 Å². The Morgan fingerprint density at radius 1 is 1.31 bits per heavy atom. The Bertz CT molecular complexity index is 310. The Hall–Kier alpha value is -1.40. The van der Waals surface area contributed by atoms with E-state index in [4.69, 9.17) is 0 Å². The number of hydrogen-bond donors (Lipinski definition) is 0. The van der Waals surface area contributed by atoms with E-state index >= 15 is 0 Å². The summed E-state index contributed by atoms with van der Waals surface area (Å²) in [5.41, 5.74) is 1.10. The maximum Gasteiger partial charge on any atom is 0.234 e. The second kappa shape index (κ2) is 4.01. The Labute approximate surface area is 78.3 Å². The fourth-order valence-electron chi connectivity index (χ4n) is 1.21. The van der Waals surface area contributed by atoms with Crippen LogP contribution in [-0.4, -0.2) is 12.6 Å².